The van der Waals surface area contributed by atoms with Crippen LogP contribution >= 0.6 is 0 Å². The van der Waals surface area contributed by atoms with Crippen molar-refractivity contribution in [3.63, 3.8) is 0 Å². The van der Waals surface area contributed by atoms with E-state index in [1.807, 2.05) is 0 Å². The summed E-state index contributed by atoms with van der Waals surface area (Å²) in [6.45, 7) is 0. The summed E-state index contributed by atoms with van der Waals surface area (Å²) in [5.41, 5.74) is -0.105. The third-order valence-electron chi connectivity index (χ3n) is 4.33. The number of nitriles is 1. The number of nitrogens with one attached hydrogen (secondary N) is 2. The number of rotatable bonds is 5. The SMILES string of the molecule is N#Cc1ccc(NS(=O)(=O)c2c[nH]cc2C(=O)C2CCCC2)c(F)c1. The zero-order valence-electron chi connectivity index (χ0n) is 13.3. The van der Waals surface area contributed by atoms with Crippen molar-refractivity contribution < 1.29 is 17.6 Å². The number of H-pyrrole nitrogens is 1. The molecule has 0 aliphatic heterocycles. The van der Waals surface area contributed by atoms with Crippen LogP contribution in [-0.2, 0) is 10.0 Å². The number of benzene rings is 1. The molecule has 0 saturated heterocycles. The first-order valence-corrected chi connectivity index (χ1v) is 9.34. The normalized spacial score (nSPS) is 15.0. The van der Waals surface area contributed by atoms with Crippen LogP contribution in [0.5, 0.6) is 0 Å². The molecule has 130 valence electrons. The lowest BCUT2D eigenvalue weighted by Gasteiger charge is -2.11. The molecule has 1 aliphatic carbocycles. The van der Waals surface area contributed by atoms with Gasteiger partial charge in [0.05, 0.1) is 22.9 Å². The minimum atomic E-state index is -4.14. The maximum atomic E-state index is 14.0. The molecule has 0 unspecified atom stereocenters. The smallest absolute Gasteiger partial charge is 0.264 e. The van der Waals surface area contributed by atoms with Gasteiger partial charge in [0.15, 0.2) is 5.78 Å². The van der Waals surface area contributed by atoms with Gasteiger partial charge in [0.25, 0.3) is 10.0 Å². The number of Topliss-reactive ketones (excluding diaryl/α,β-unsaturated/α-hetero) is 1. The van der Waals surface area contributed by atoms with Gasteiger partial charge in [0.2, 0.25) is 0 Å². The minimum absolute atomic E-state index is 0.0826. The highest BCUT2D eigenvalue weighted by atomic mass is 32.2. The monoisotopic (exact) mass is 361 g/mol. The summed E-state index contributed by atoms with van der Waals surface area (Å²) in [5, 5.41) is 8.74. The number of anilines is 1. The number of carbonyl (C=O) groups excluding carboxylic acids is 1. The molecule has 2 N–H and O–H groups in total. The molecule has 1 saturated carbocycles. The summed E-state index contributed by atoms with van der Waals surface area (Å²) in [7, 11) is -4.14. The van der Waals surface area contributed by atoms with Crippen molar-refractivity contribution in [1.29, 1.82) is 5.26 Å². The third kappa shape index (κ3) is 3.42. The molecule has 1 heterocycles. The number of halogens is 1. The summed E-state index contributed by atoms with van der Waals surface area (Å²) in [6.07, 6.45) is 5.99. The Hall–Kier alpha value is -2.66. The second-order valence-electron chi connectivity index (χ2n) is 5.99. The summed E-state index contributed by atoms with van der Waals surface area (Å²) >= 11 is 0. The second-order valence-corrected chi connectivity index (χ2v) is 7.64. The summed E-state index contributed by atoms with van der Waals surface area (Å²) in [4.78, 5) is 15.0. The van der Waals surface area contributed by atoms with Gasteiger partial charge in [0, 0.05) is 18.3 Å². The van der Waals surface area contributed by atoms with E-state index in [9.17, 15) is 17.6 Å². The van der Waals surface area contributed by atoms with Crippen LogP contribution in [0.25, 0.3) is 0 Å². The van der Waals surface area contributed by atoms with Gasteiger partial charge in [-0.2, -0.15) is 5.26 Å². The number of hydrogen-bond donors (Lipinski definition) is 2. The molecule has 1 fully saturated rings. The standard InChI is InChI=1S/C17H16FN3O3S/c18-14-7-11(8-19)5-6-15(14)21-25(23,24)16-10-20-9-13(16)17(22)12-3-1-2-4-12/h5-7,9-10,12,20-21H,1-4H2. The van der Waals surface area contributed by atoms with Gasteiger partial charge in [0.1, 0.15) is 10.7 Å². The van der Waals surface area contributed by atoms with Crippen LogP contribution in [0.3, 0.4) is 0 Å². The largest absolute Gasteiger partial charge is 0.366 e. The van der Waals surface area contributed by atoms with E-state index >= 15 is 0 Å². The fourth-order valence-electron chi connectivity index (χ4n) is 3.04. The fraction of sp³-hybridized carbons (Fsp3) is 0.294. The maximum absolute atomic E-state index is 14.0. The second kappa shape index (κ2) is 6.69. The van der Waals surface area contributed by atoms with E-state index in [2.05, 4.69) is 9.71 Å². The van der Waals surface area contributed by atoms with Crippen molar-refractivity contribution in [3.05, 3.63) is 47.5 Å². The van der Waals surface area contributed by atoms with Crippen molar-refractivity contribution in [2.75, 3.05) is 4.72 Å². The van der Waals surface area contributed by atoms with Gasteiger partial charge in [-0.15, -0.1) is 0 Å². The molecular formula is C17H16FN3O3S. The minimum Gasteiger partial charge on any atom is -0.366 e. The van der Waals surface area contributed by atoms with E-state index in [0.29, 0.717) is 0 Å². The molecule has 3 rings (SSSR count). The van der Waals surface area contributed by atoms with E-state index < -0.39 is 15.8 Å². The molecular weight excluding hydrogens is 345 g/mol. The van der Waals surface area contributed by atoms with Crippen LogP contribution < -0.4 is 4.72 Å². The lowest BCUT2D eigenvalue weighted by atomic mass is 9.98. The molecule has 0 atom stereocenters. The zero-order valence-corrected chi connectivity index (χ0v) is 14.1. The van der Waals surface area contributed by atoms with Gasteiger partial charge < -0.3 is 4.98 Å². The predicted molar refractivity (Wildman–Crippen MR) is 89.0 cm³/mol. The number of nitrogens with zero attached hydrogens (tertiary/aromatic N) is 1. The van der Waals surface area contributed by atoms with Crippen LogP contribution in [0, 0.1) is 23.1 Å². The molecule has 6 nitrogen and oxygen atoms in total. The lowest BCUT2D eigenvalue weighted by Crippen LogP contribution is -2.19. The highest BCUT2D eigenvalue weighted by Gasteiger charge is 2.30. The van der Waals surface area contributed by atoms with Crippen LogP contribution in [0.15, 0.2) is 35.5 Å². The predicted octanol–water partition coefficient (Wildman–Crippen LogP) is 3.20. The van der Waals surface area contributed by atoms with Crippen molar-refractivity contribution in [2.45, 2.75) is 30.6 Å². The van der Waals surface area contributed by atoms with E-state index in [0.717, 1.165) is 31.7 Å². The van der Waals surface area contributed by atoms with Crippen molar-refractivity contribution in [1.82, 2.24) is 4.98 Å². The average molecular weight is 361 g/mol. The number of aromatic amines is 1. The maximum Gasteiger partial charge on any atom is 0.264 e. The lowest BCUT2D eigenvalue weighted by molar-refractivity contribution is 0.0920. The Morgan fingerprint density at radius 2 is 2.00 bits per heavy atom. The number of hydrogen-bond acceptors (Lipinski definition) is 4. The fourth-order valence-corrected chi connectivity index (χ4v) is 4.28. The van der Waals surface area contributed by atoms with Crippen LogP contribution in [-0.4, -0.2) is 19.2 Å². The Balaban J connectivity index is 1.90. The molecule has 0 bridgehead atoms. The Morgan fingerprint density at radius 3 is 2.64 bits per heavy atom. The number of aromatic nitrogens is 1. The number of carbonyl (C=O) groups is 1. The first-order chi connectivity index (χ1) is 11.9. The van der Waals surface area contributed by atoms with Gasteiger partial charge in [-0.05, 0) is 31.0 Å². The molecule has 1 aromatic carbocycles. The summed E-state index contributed by atoms with van der Waals surface area (Å²) in [5.74, 6) is -1.24. The number of ketones is 1. The van der Waals surface area contributed by atoms with E-state index in [4.69, 9.17) is 5.26 Å². The molecule has 0 radical (unpaired) electrons. The molecule has 2 aromatic rings. The highest BCUT2D eigenvalue weighted by molar-refractivity contribution is 7.92. The first kappa shape index (κ1) is 17.2. The van der Waals surface area contributed by atoms with Crippen LogP contribution in [0.1, 0.15) is 41.6 Å². The van der Waals surface area contributed by atoms with Crippen molar-refractivity contribution in [3.8, 4) is 6.07 Å². The average Bonchev–Trinajstić information content (AvgIpc) is 3.27. The summed E-state index contributed by atoms with van der Waals surface area (Å²) < 4.78 is 41.3. The Bertz CT molecular complexity index is 954. The quantitative estimate of drug-likeness (QED) is 0.798. The van der Waals surface area contributed by atoms with Crippen LogP contribution in [0.2, 0.25) is 0 Å². The Morgan fingerprint density at radius 1 is 1.28 bits per heavy atom. The van der Waals surface area contributed by atoms with Crippen molar-refractivity contribution >= 4 is 21.5 Å². The van der Waals surface area contributed by atoms with Crippen molar-refractivity contribution in [2.24, 2.45) is 5.92 Å². The van der Waals surface area contributed by atoms with Gasteiger partial charge in [-0.1, -0.05) is 12.8 Å². The molecule has 1 aliphatic rings. The molecule has 8 heteroatoms. The molecule has 1 aromatic heterocycles. The Labute approximate surface area is 144 Å². The molecule has 0 spiro atoms. The van der Waals surface area contributed by atoms with E-state index in [-0.39, 0.29) is 33.4 Å². The molecule has 25 heavy (non-hydrogen) atoms. The number of sulfonamides is 1. The van der Waals surface area contributed by atoms with Gasteiger partial charge >= 0.3 is 0 Å². The third-order valence-corrected chi connectivity index (χ3v) is 5.74. The van der Waals surface area contributed by atoms with Crippen LogP contribution in [0.4, 0.5) is 10.1 Å². The Kier molecular flexibility index (Phi) is 4.59. The highest BCUT2D eigenvalue weighted by Crippen LogP contribution is 2.31. The van der Waals surface area contributed by atoms with E-state index in [1.165, 1.54) is 24.5 Å². The van der Waals surface area contributed by atoms with E-state index in [1.54, 1.807) is 6.07 Å². The summed E-state index contributed by atoms with van der Waals surface area (Å²) in [6, 6.07) is 5.20. The van der Waals surface area contributed by atoms with Gasteiger partial charge in [-0.3, -0.25) is 9.52 Å². The topological polar surface area (TPSA) is 103 Å². The first-order valence-electron chi connectivity index (χ1n) is 7.86. The molecule has 0 amide bonds. The zero-order chi connectivity index (χ0) is 18.0. The van der Waals surface area contributed by atoms with Gasteiger partial charge in [-0.25, -0.2) is 12.8 Å².